The molecule has 0 saturated carbocycles. The smallest absolute Gasteiger partial charge is 0.324 e. The summed E-state index contributed by atoms with van der Waals surface area (Å²) in [6.07, 6.45) is 7.87. The molecule has 2 atom stereocenters. The van der Waals surface area contributed by atoms with Gasteiger partial charge in [-0.25, -0.2) is 19.4 Å². The third kappa shape index (κ3) is 6.15. The van der Waals surface area contributed by atoms with Crippen LogP contribution in [-0.4, -0.2) is 48.7 Å². The van der Waals surface area contributed by atoms with E-state index < -0.39 is 0 Å². The van der Waals surface area contributed by atoms with E-state index in [-0.39, 0.29) is 40.9 Å². The molecule has 44 heavy (non-hydrogen) atoms. The fourth-order valence-corrected chi connectivity index (χ4v) is 6.48. The number of aromatic nitrogens is 4. The number of nitrogen functional groups attached to an aromatic ring is 1. The molecule has 2 unspecified atom stereocenters. The summed E-state index contributed by atoms with van der Waals surface area (Å²) in [7, 11) is 0. The predicted octanol–water partition coefficient (Wildman–Crippen LogP) is 6.12. The van der Waals surface area contributed by atoms with Crippen molar-refractivity contribution in [2.45, 2.75) is 77.3 Å². The van der Waals surface area contributed by atoms with Crippen molar-refractivity contribution in [1.29, 1.82) is 0 Å². The van der Waals surface area contributed by atoms with Crippen LogP contribution in [0, 0.1) is 12.8 Å². The highest BCUT2D eigenvalue weighted by atomic mass is 16.2. The number of fused-ring (bicyclic) bond motifs is 2. The molecule has 2 aromatic heterocycles. The van der Waals surface area contributed by atoms with E-state index in [1.807, 2.05) is 54.3 Å². The Morgan fingerprint density at radius 2 is 1.59 bits per heavy atom. The minimum atomic E-state index is -0.330. The number of anilines is 3. The summed E-state index contributed by atoms with van der Waals surface area (Å²) in [4.78, 5) is 36.5. The largest absolute Gasteiger partial charge is 0.382 e. The molecule has 10 nitrogen and oxygen atoms in total. The molecule has 2 saturated heterocycles. The number of piperidine rings is 1. The SMILES string of the molecule is Cc1ccc(-n2nc(C(C)(C)C)cc2NC(=O)Nc2ccc(CC3CC4CCC(C3)N4C(=O)c3nccnc3N)cc2)cc1. The molecule has 0 spiro atoms. The van der Waals surface area contributed by atoms with Crippen LogP contribution in [0.5, 0.6) is 0 Å². The van der Waals surface area contributed by atoms with Crippen LogP contribution in [-0.2, 0) is 11.8 Å². The molecule has 4 N–H and O–H groups in total. The van der Waals surface area contributed by atoms with E-state index in [9.17, 15) is 9.59 Å². The molecule has 2 aliphatic rings. The van der Waals surface area contributed by atoms with Gasteiger partial charge in [0.1, 0.15) is 5.82 Å². The minimum Gasteiger partial charge on any atom is -0.382 e. The number of nitrogens with zero attached hydrogens (tertiary/aromatic N) is 5. The third-order valence-corrected chi connectivity index (χ3v) is 8.73. The molecule has 2 aromatic carbocycles. The van der Waals surface area contributed by atoms with Crippen molar-refractivity contribution in [2.75, 3.05) is 16.4 Å². The number of rotatable bonds is 6. The maximum Gasteiger partial charge on any atom is 0.324 e. The number of urea groups is 1. The maximum absolute atomic E-state index is 13.2. The van der Waals surface area contributed by atoms with E-state index >= 15 is 0 Å². The summed E-state index contributed by atoms with van der Waals surface area (Å²) < 4.78 is 1.77. The van der Waals surface area contributed by atoms with Crippen LogP contribution in [0.3, 0.4) is 0 Å². The van der Waals surface area contributed by atoms with E-state index in [4.69, 9.17) is 10.8 Å². The lowest BCUT2D eigenvalue weighted by Crippen LogP contribution is -2.47. The highest BCUT2D eigenvalue weighted by molar-refractivity contribution is 5.99. The Morgan fingerprint density at radius 1 is 0.932 bits per heavy atom. The van der Waals surface area contributed by atoms with Gasteiger partial charge in [-0.15, -0.1) is 0 Å². The van der Waals surface area contributed by atoms with Crippen LogP contribution >= 0.6 is 0 Å². The minimum absolute atomic E-state index is 0.105. The summed E-state index contributed by atoms with van der Waals surface area (Å²) in [5.74, 6) is 1.17. The van der Waals surface area contributed by atoms with E-state index in [0.29, 0.717) is 17.4 Å². The molecule has 4 heterocycles. The lowest BCUT2D eigenvalue weighted by Gasteiger charge is -2.39. The monoisotopic (exact) mass is 592 g/mol. The number of aryl methyl sites for hydroxylation is 1. The second-order valence-electron chi connectivity index (χ2n) is 13.1. The van der Waals surface area contributed by atoms with Gasteiger partial charge < -0.3 is 16.0 Å². The molecule has 0 aliphatic carbocycles. The van der Waals surface area contributed by atoms with Gasteiger partial charge in [0.25, 0.3) is 5.91 Å². The van der Waals surface area contributed by atoms with Crippen molar-refractivity contribution < 1.29 is 9.59 Å². The Bertz CT molecular complexity index is 1640. The third-order valence-electron chi connectivity index (χ3n) is 8.73. The summed E-state index contributed by atoms with van der Waals surface area (Å²) >= 11 is 0. The van der Waals surface area contributed by atoms with Crippen LogP contribution in [0.1, 0.15) is 73.8 Å². The molecule has 4 aromatic rings. The zero-order valence-corrected chi connectivity index (χ0v) is 25.7. The molecule has 2 bridgehead atoms. The Labute approximate surface area is 258 Å². The predicted molar refractivity (Wildman–Crippen MR) is 172 cm³/mol. The summed E-state index contributed by atoms with van der Waals surface area (Å²) in [6, 6.07) is 18.1. The molecule has 2 fully saturated rings. The first kappa shape index (κ1) is 29.3. The average Bonchev–Trinajstić information content (AvgIpc) is 3.53. The van der Waals surface area contributed by atoms with Crippen molar-refractivity contribution in [3.05, 3.63) is 89.5 Å². The molecule has 228 valence electrons. The number of carbonyl (C=O) groups excluding carboxylic acids is 2. The zero-order chi connectivity index (χ0) is 31.0. The van der Waals surface area contributed by atoms with Crippen LogP contribution in [0.15, 0.2) is 67.0 Å². The van der Waals surface area contributed by atoms with E-state index in [0.717, 1.165) is 49.0 Å². The number of amides is 3. The van der Waals surface area contributed by atoms with Gasteiger partial charge in [0.15, 0.2) is 11.5 Å². The van der Waals surface area contributed by atoms with Crippen LogP contribution in [0.4, 0.5) is 22.1 Å². The fraction of sp³-hybridized carbons (Fsp3) is 0.382. The van der Waals surface area contributed by atoms with Crippen molar-refractivity contribution in [3.8, 4) is 5.69 Å². The lowest BCUT2D eigenvalue weighted by atomic mass is 9.85. The van der Waals surface area contributed by atoms with Gasteiger partial charge in [-0.2, -0.15) is 5.10 Å². The van der Waals surface area contributed by atoms with E-state index in [1.165, 1.54) is 18.0 Å². The van der Waals surface area contributed by atoms with Crippen molar-refractivity contribution >= 4 is 29.3 Å². The first-order valence-corrected chi connectivity index (χ1v) is 15.3. The van der Waals surface area contributed by atoms with E-state index in [1.54, 1.807) is 4.68 Å². The summed E-state index contributed by atoms with van der Waals surface area (Å²) in [5, 5.41) is 10.8. The second kappa shape index (κ2) is 11.7. The Kier molecular flexibility index (Phi) is 7.84. The van der Waals surface area contributed by atoms with E-state index in [2.05, 4.69) is 53.5 Å². The van der Waals surface area contributed by atoms with Crippen LogP contribution < -0.4 is 16.4 Å². The number of nitrogens with two attached hydrogens (primary N) is 1. The molecule has 2 aliphatic heterocycles. The number of carbonyl (C=O) groups is 2. The topological polar surface area (TPSA) is 131 Å². The second-order valence-corrected chi connectivity index (χ2v) is 13.1. The van der Waals surface area contributed by atoms with Gasteiger partial charge in [-0.05, 0) is 74.8 Å². The number of hydrogen-bond acceptors (Lipinski definition) is 6. The molecule has 6 rings (SSSR count). The molecular formula is C34H40N8O2. The maximum atomic E-state index is 13.2. The Hall–Kier alpha value is -4.73. The Morgan fingerprint density at radius 3 is 2.23 bits per heavy atom. The lowest BCUT2D eigenvalue weighted by molar-refractivity contribution is 0.0519. The molecule has 10 heteroatoms. The van der Waals surface area contributed by atoms with Crippen molar-refractivity contribution in [3.63, 3.8) is 0 Å². The first-order valence-electron chi connectivity index (χ1n) is 15.3. The molecule has 0 radical (unpaired) electrons. The van der Waals surface area contributed by atoms with Gasteiger partial charge in [-0.1, -0.05) is 50.6 Å². The number of benzene rings is 2. The zero-order valence-electron chi connectivity index (χ0n) is 25.7. The van der Waals surface area contributed by atoms with Crippen LogP contribution in [0.2, 0.25) is 0 Å². The van der Waals surface area contributed by atoms with Gasteiger partial charge in [0, 0.05) is 41.6 Å². The van der Waals surface area contributed by atoms with Crippen LogP contribution in [0.25, 0.3) is 5.69 Å². The first-order chi connectivity index (χ1) is 21.0. The number of hydrogen-bond donors (Lipinski definition) is 3. The highest BCUT2D eigenvalue weighted by Gasteiger charge is 2.44. The normalized spacial score (nSPS) is 19.5. The van der Waals surface area contributed by atoms with Gasteiger partial charge in [0.05, 0.1) is 11.4 Å². The summed E-state index contributed by atoms with van der Waals surface area (Å²) in [6.45, 7) is 8.35. The quantitative estimate of drug-likeness (QED) is 0.247. The standard InChI is InChI=1S/C34H40N8O2/c1-21-5-11-25(12-6-21)42-29(20-28(40-42)34(2,3)4)39-33(44)38-24-9-7-22(8-10-24)17-23-18-26-13-14-27(19-23)41(26)32(43)30-31(35)37-16-15-36-30/h5-12,15-16,20,23,26-27H,13-14,17-19H2,1-4H3,(H2,35,37)(H2,38,39,44). The average molecular weight is 593 g/mol. The van der Waals surface area contributed by atoms with Gasteiger partial charge in [0.2, 0.25) is 0 Å². The van der Waals surface area contributed by atoms with Gasteiger partial charge in [-0.3, -0.25) is 10.1 Å². The van der Waals surface area contributed by atoms with Crippen molar-refractivity contribution in [1.82, 2.24) is 24.6 Å². The van der Waals surface area contributed by atoms with Gasteiger partial charge >= 0.3 is 6.03 Å². The Balaban J connectivity index is 1.07. The number of nitrogens with one attached hydrogen (secondary N) is 2. The highest BCUT2D eigenvalue weighted by Crippen LogP contribution is 2.41. The van der Waals surface area contributed by atoms with Crippen molar-refractivity contribution in [2.24, 2.45) is 5.92 Å². The fourth-order valence-electron chi connectivity index (χ4n) is 6.48. The summed E-state index contributed by atoms with van der Waals surface area (Å²) in [5.41, 5.74) is 10.9. The molecular weight excluding hydrogens is 552 g/mol. The molecule has 3 amide bonds.